The van der Waals surface area contributed by atoms with Crippen molar-refractivity contribution in [1.29, 1.82) is 0 Å². The van der Waals surface area contributed by atoms with Crippen molar-refractivity contribution >= 4 is 17.5 Å². The number of benzene rings is 1. The minimum Gasteiger partial charge on any atom is -0.503 e. The van der Waals surface area contributed by atoms with E-state index in [1.165, 1.54) is 23.9 Å². The van der Waals surface area contributed by atoms with Crippen LogP contribution < -0.4 is 10.7 Å². The van der Waals surface area contributed by atoms with Crippen LogP contribution in [0.25, 0.3) is 0 Å². The standard InChI is InChI=1S/C26H30F2N4O6/c1-14(13-37-4)30-38-26(3)8-7-15(2)31-12-20(26)32-11-18(22(33)23(34)21(32)25(31)36)24(35)29-10-16-5-6-17(27)9-19(16)28/h5-6,9,11,15,20,34H,7-8,10,12-13H2,1-4H3,(H,29,35)/b30-14+/t15-,20-,26+/m0/s1. The number of pyridine rings is 1. The van der Waals surface area contributed by atoms with Crippen LogP contribution in [0.1, 0.15) is 66.1 Å². The van der Waals surface area contributed by atoms with E-state index in [0.717, 1.165) is 6.07 Å². The number of aromatic nitrogens is 1. The Balaban J connectivity index is 1.74. The number of hydrogen-bond donors (Lipinski definition) is 2. The van der Waals surface area contributed by atoms with Gasteiger partial charge >= 0.3 is 0 Å². The number of ether oxygens (including phenoxy) is 1. The Morgan fingerprint density at radius 1 is 1.32 bits per heavy atom. The minimum atomic E-state index is -1.04. The van der Waals surface area contributed by atoms with Crippen LogP contribution in [0.15, 0.2) is 34.3 Å². The molecule has 38 heavy (non-hydrogen) atoms. The van der Waals surface area contributed by atoms with Gasteiger partial charge in [-0.3, -0.25) is 14.4 Å². The molecule has 2 N–H and O–H groups in total. The number of amides is 2. The Morgan fingerprint density at radius 2 is 2.05 bits per heavy atom. The van der Waals surface area contributed by atoms with Crippen LogP contribution in [0, 0.1) is 11.6 Å². The van der Waals surface area contributed by atoms with Gasteiger partial charge in [0.25, 0.3) is 11.8 Å². The lowest BCUT2D eigenvalue weighted by Crippen LogP contribution is -2.52. The molecule has 1 aromatic heterocycles. The monoisotopic (exact) mass is 532 g/mol. The first-order valence-electron chi connectivity index (χ1n) is 12.2. The Bertz CT molecular complexity index is 1360. The summed E-state index contributed by atoms with van der Waals surface area (Å²) >= 11 is 0. The Morgan fingerprint density at radius 3 is 2.74 bits per heavy atom. The third kappa shape index (κ3) is 5.00. The lowest BCUT2D eigenvalue weighted by atomic mass is 9.90. The number of nitrogens with zero attached hydrogens (tertiary/aromatic N) is 3. The van der Waals surface area contributed by atoms with E-state index in [0.29, 0.717) is 24.6 Å². The molecule has 0 aliphatic carbocycles. The zero-order valence-corrected chi connectivity index (χ0v) is 21.6. The summed E-state index contributed by atoms with van der Waals surface area (Å²) in [5, 5.41) is 17.5. The SMILES string of the molecule is COC/C(C)=N/O[C@]1(C)CC[C@H](C)N2C[C@@H]1n1cc(C(=O)NCc3ccc(F)cc3F)c(=O)c(O)c1C2=O. The number of carbonyl (C=O) groups excluding carboxylic acids is 2. The summed E-state index contributed by atoms with van der Waals surface area (Å²) < 4.78 is 33.7. The van der Waals surface area contributed by atoms with Crippen molar-refractivity contribution in [2.45, 2.75) is 57.8 Å². The molecule has 1 aromatic carbocycles. The van der Waals surface area contributed by atoms with E-state index in [4.69, 9.17) is 9.57 Å². The molecule has 204 valence electrons. The second-order valence-electron chi connectivity index (χ2n) is 9.92. The van der Waals surface area contributed by atoms with Gasteiger partial charge < -0.3 is 29.5 Å². The molecule has 2 aliphatic rings. The molecule has 4 rings (SSSR count). The zero-order chi connectivity index (χ0) is 27.8. The fraction of sp³-hybridized carbons (Fsp3) is 0.462. The molecular formula is C26H30F2N4O6. The molecule has 0 spiro atoms. The Hall–Kier alpha value is -3.80. The van der Waals surface area contributed by atoms with Crippen LogP contribution in [-0.2, 0) is 16.1 Å². The third-order valence-corrected chi connectivity index (χ3v) is 7.14. The summed E-state index contributed by atoms with van der Waals surface area (Å²) in [7, 11) is 1.53. The predicted molar refractivity (Wildman–Crippen MR) is 133 cm³/mol. The van der Waals surface area contributed by atoms with Gasteiger partial charge in [-0.25, -0.2) is 8.78 Å². The van der Waals surface area contributed by atoms with Crippen LogP contribution in [0.5, 0.6) is 5.75 Å². The quantitative estimate of drug-likeness (QED) is 0.418. The number of hydrogen-bond acceptors (Lipinski definition) is 7. The average molecular weight is 533 g/mol. The zero-order valence-electron chi connectivity index (χ0n) is 21.6. The smallest absolute Gasteiger partial charge is 0.274 e. The van der Waals surface area contributed by atoms with Crippen molar-refractivity contribution in [3.8, 4) is 5.75 Å². The summed E-state index contributed by atoms with van der Waals surface area (Å²) in [6.07, 6.45) is 2.29. The number of aromatic hydroxyl groups is 1. The van der Waals surface area contributed by atoms with Crippen LogP contribution in [0.3, 0.4) is 0 Å². The maximum atomic E-state index is 14.0. The highest BCUT2D eigenvalue weighted by atomic mass is 19.1. The van der Waals surface area contributed by atoms with Gasteiger partial charge in [-0.05, 0) is 39.7 Å². The van der Waals surface area contributed by atoms with Crippen molar-refractivity contribution in [3.05, 3.63) is 63.1 Å². The van der Waals surface area contributed by atoms with Crippen molar-refractivity contribution in [2.75, 3.05) is 20.3 Å². The lowest BCUT2D eigenvalue weighted by molar-refractivity contribution is -0.0743. The predicted octanol–water partition coefficient (Wildman–Crippen LogP) is 2.74. The summed E-state index contributed by atoms with van der Waals surface area (Å²) in [5.74, 6) is -3.91. The van der Waals surface area contributed by atoms with E-state index in [-0.39, 0.29) is 37.0 Å². The topological polar surface area (TPSA) is 122 Å². The highest BCUT2D eigenvalue weighted by Gasteiger charge is 2.49. The summed E-state index contributed by atoms with van der Waals surface area (Å²) in [4.78, 5) is 46.9. The summed E-state index contributed by atoms with van der Waals surface area (Å²) in [6.45, 7) is 5.57. The van der Waals surface area contributed by atoms with Crippen LogP contribution in [0.4, 0.5) is 8.78 Å². The highest BCUT2D eigenvalue weighted by Crippen LogP contribution is 2.42. The average Bonchev–Trinajstić information content (AvgIpc) is 2.98. The van der Waals surface area contributed by atoms with Crippen molar-refractivity contribution in [1.82, 2.24) is 14.8 Å². The number of carbonyl (C=O) groups is 2. The molecular weight excluding hydrogens is 502 g/mol. The lowest BCUT2D eigenvalue weighted by Gasteiger charge is -2.42. The normalized spacial score (nSPS) is 23.1. The van der Waals surface area contributed by atoms with Gasteiger partial charge in [0.1, 0.15) is 17.2 Å². The number of methoxy groups -OCH3 is 1. The second-order valence-corrected chi connectivity index (χ2v) is 9.92. The van der Waals surface area contributed by atoms with E-state index in [2.05, 4.69) is 10.5 Å². The van der Waals surface area contributed by atoms with E-state index < -0.39 is 51.8 Å². The van der Waals surface area contributed by atoms with Crippen LogP contribution >= 0.6 is 0 Å². The fourth-order valence-electron chi connectivity index (χ4n) is 4.88. The molecule has 2 amide bonds. The van der Waals surface area contributed by atoms with Gasteiger partial charge in [-0.15, -0.1) is 0 Å². The van der Waals surface area contributed by atoms with Crippen molar-refractivity contribution in [2.24, 2.45) is 5.16 Å². The van der Waals surface area contributed by atoms with E-state index >= 15 is 0 Å². The molecule has 0 unspecified atom stereocenters. The highest BCUT2D eigenvalue weighted by molar-refractivity contribution is 5.99. The minimum absolute atomic E-state index is 0.0101. The molecule has 10 nitrogen and oxygen atoms in total. The van der Waals surface area contributed by atoms with Crippen molar-refractivity contribution in [3.63, 3.8) is 0 Å². The Labute approximate surface area is 217 Å². The number of halogens is 2. The molecule has 1 fully saturated rings. The molecule has 2 aliphatic heterocycles. The maximum Gasteiger partial charge on any atom is 0.274 e. The molecule has 1 saturated heterocycles. The Kier molecular flexibility index (Phi) is 7.54. The van der Waals surface area contributed by atoms with Gasteiger partial charge in [0.2, 0.25) is 5.43 Å². The molecule has 2 aromatic rings. The largest absolute Gasteiger partial charge is 0.503 e. The molecule has 3 heterocycles. The summed E-state index contributed by atoms with van der Waals surface area (Å²) in [5.41, 5.74) is -2.09. The molecule has 12 heteroatoms. The van der Waals surface area contributed by atoms with Crippen molar-refractivity contribution < 1.29 is 33.1 Å². The second kappa shape index (κ2) is 10.5. The number of nitrogens with one attached hydrogen (secondary N) is 1. The molecule has 2 bridgehead atoms. The first-order chi connectivity index (χ1) is 18.0. The van der Waals surface area contributed by atoms with Crippen LogP contribution in [0.2, 0.25) is 0 Å². The number of rotatable bonds is 7. The fourth-order valence-corrected chi connectivity index (χ4v) is 4.88. The third-order valence-electron chi connectivity index (χ3n) is 7.14. The van der Waals surface area contributed by atoms with E-state index in [1.807, 2.05) is 13.8 Å². The van der Waals surface area contributed by atoms with Gasteiger partial charge in [-0.2, -0.15) is 0 Å². The molecule has 0 radical (unpaired) electrons. The van der Waals surface area contributed by atoms with Gasteiger partial charge in [0.05, 0.1) is 18.4 Å². The molecule has 0 saturated carbocycles. The summed E-state index contributed by atoms with van der Waals surface area (Å²) in [6, 6.07) is 2.11. The van der Waals surface area contributed by atoms with Gasteiger partial charge in [0, 0.05) is 44.1 Å². The van der Waals surface area contributed by atoms with E-state index in [1.54, 1.807) is 11.8 Å². The van der Waals surface area contributed by atoms with Crippen LogP contribution in [-0.4, -0.2) is 64.0 Å². The number of fused-ring (bicyclic) bond motifs is 4. The number of oxime groups is 1. The van der Waals surface area contributed by atoms with E-state index in [9.17, 15) is 28.3 Å². The molecule has 3 atom stereocenters. The van der Waals surface area contributed by atoms with Gasteiger partial charge in [-0.1, -0.05) is 11.2 Å². The first kappa shape index (κ1) is 27.2. The van der Waals surface area contributed by atoms with Gasteiger partial charge in [0.15, 0.2) is 17.0 Å². The first-order valence-corrected chi connectivity index (χ1v) is 12.2. The maximum absolute atomic E-state index is 14.0.